The second kappa shape index (κ2) is 9.36. The highest BCUT2D eigenvalue weighted by atomic mass is 32.1. The van der Waals surface area contributed by atoms with E-state index < -0.39 is 0 Å². The maximum Gasteiger partial charge on any atom is 0.333 e. The fraction of sp³-hybridized carbons (Fsp3) is 0.318. The fourth-order valence-electron chi connectivity index (χ4n) is 10.2. The van der Waals surface area contributed by atoms with Gasteiger partial charge in [-0.05, 0) is 96.0 Å². The Morgan fingerprint density at radius 2 is 1.52 bits per heavy atom. The Morgan fingerprint density at radius 3 is 2.33 bits per heavy atom. The third kappa shape index (κ3) is 3.45. The van der Waals surface area contributed by atoms with Crippen molar-refractivity contribution in [3.8, 4) is 11.1 Å². The first-order valence-electron chi connectivity index (χ1n) is 17.9. The van der Waals surface area contributed by atoms with E-state index in [0.717, 1.165) is 0 Å². The molecule has 1 fully saturated rings. The molecule has 2 unspecified atom stereocenters. The van der Waals surface area contributed by atoms with E-state index >= 15 is 0 Å². The molecule has 0 radical (unpaired) electrons. The molecule has 4 heterocycles. The summed E-state index contributed by atoms with van der Waals surface area (Å²) >= 11 is 1.96. The van der Waals surface area contributed by atoms with Crippen LogP contribution in [0.5, 0.6) is 0 Å². The average Bonchev–Trinajstić information content (AvgIpc) is 3.54. The zero-order valence-electron chi connectivity index (χ0n) is 29.3. The first-order chi connectivity index (χ1) is 23.0. The molecular weight excluding hydrogens is 599 g/mol. The number of nitrogens with zero attached hydrogens (tertiary/aromatic N) is 2. The molecule has 2 nitrogen and oxygen atoms in total. The predicted molar refractivity (Wildman–Crippen MR) is 209 cm³/mol. The molecule has 238 valence electrons. The molecule has 4 aliphatic rings. The van der Waals surface area contributed by atoms with Crippen LogP contribution >= 0.6 is 11.3 Å². The Labute approximate surface area is 289 Å². The third-order valence-electron chi connectivity index (χ3n) is 12.9. The molecule has 0 N–H and O–H groups in total. The Bertz CT molecular complexity index is 2380. The van der Waals surface area contributed by atoms with Crippen molar-refractivity contribution in [2.75, 3.05) is 9.71 Å². The molecule has 2 atom stereocenters. The van der Waals surface area contributed by atoms with Crippen LogP contribution in [0.2, 0.25) is 0 Å². The van der Waals surface area contributed by atoms with Gasteiger partial charge in [0.2, 0.25) is 0 Å². The van der Waals surface area contributed by atoms with Gasteiger partial charge in [0.25, 0.3) is 0 Å². The number of benzene rings is 5. The maximum absolute atomic E-state index is 2.87. The molecule has 4 heteroatoms. The molecule has 1 aromatic heterocycles. The van der Waals surface area contributed by atoms with E-state index in [1.54, 1.807) is 5.56 Å². The molecule has 0 spiro atoms. The molecule has 0 bridgehead atoms. The lowest BCUT2D eigenvalue weighted by Gasteiger charge is -2.53. The van der Waals surface area contributed by atoms with Crippen molar-refractivity contribution in [1.29, 1.82) is 0 Å². The van der Waals surface area contributed by atoms with E-state index in [-0.39, 0.29) is 23.2 Å². The van der Waals surface area contributed by atoms with Gasteiger partial charge in [-0.15, -0.1) is 11.3 Å². The van der Waals surface area contributed by atoms with E-state index in [4.69, 9.17) is 0 Å². The molecule has 0 amide bonds. The summed E-state index contributed by atoms with van der Waals surface area (Å²) in [5, 5.41) is 2.72. The number of hydrogen-bond acceptors (Lipinski definition) is 3. The van der Waals surface area contributed by atoms with Crippen molar-refractivity contribution >= 4 is 72.0 Å². The van der Waals surface area contributed by atoms with Gasteiger partial charge in [0.05, 0.1) is 15.9 Å². The SMILES string of the molecule is Cc1cc2c3c(c1)N1c4c(cc(C(C)(C)C)cc4C4(C)CCCCC14C)B3N(c1ccccc1C)c1c-2ccc2c1sc1ccccc12. The molecule has 6 aromatic rings. The summed E-state index contributed by atoms with van der Waals surface area (Å²) in [5.74, 6) is 0. The number of fused-ring (bicyclic) bond motifs is 11. The quantitative estimate of drug-likeness (QED) is 0.165. The Kier molecular flexibility index (Phi) is 5.64. The van der Waals surface area contributed by atoms with E-state index in [1.165, 1.54) is 107 Å². The number of anilines is 4. The standard InChI is InChI=1S/C44H43BN2S/c1-26-22-32-30-18-19-31-29-15-9-11-17-37(29)48-41(31)39(30)47(35-16-10-8-14-27(35)2)45-34-25-28(42(3,4)5)24-33-40(34)46(36(23-26)38(32)45)44(7)21-13-12-20-43(33,44)6/h8-11,14-19,22-25H,12-13,20-21H2,1-7H3. The molecule has 1 saturated carbocycles. The Balaban J connectivity index is 1.41. The van der Waals surface area contributed by atoms with Crippen LogP contribution in [0.15, 0.2) is 84.9 Å². The molecule has 3 aliphatic heterocycles. The summed E-state index contributed by atoms with van der Waals surface area (Å²) < 4.78 is 2.75. The van der Waals surface area contributed by atoms with E-state index in [0.29, 0.717) is 0 Å². The monoisotopic (exact) mass is 642 g/mol. The van der Waals surface area contributed by atoms with Crippen LogP contribution in [-0.4, -0.2) is 12.4 Å². The molecule has 0 saturated heterocycles. The second-order valence-electron chi connectivity index (χ2n) is 16.6. The van der Waals surface area contributed by atoms with Gasteiger partial charge in [0.15, 0.2) is 0 Å². The second-order valence-corrected chi connectivity index (χ2v) is 17.7. The zero-order chi connectivity index (χ0) is 32.9. The summed E-state index contributed by atoms with van der Waals surface area (Å²) in [5.41, 5.74) is 17.2. The highest BCUT2D eigenvalue weighted by Gasteiger charge is 2.62. The van der Waals surface area contributed by atoms with Gasteiger partial charge in [-0.1, -0.05) is 107 Å². The van der Waals surface area contributed by atoms with E-state index in [1.807, 2.05) is 11.3 Å². The van der Waals surface area contributed by atoms with Gasteiger partial charge in [-0.2, -0.15) is 0 Å². The number of aryl methyl sites for hydroxylation is 2. The number of para-hydroxylation sites is 1. The normalized spacial score (nSPS) is 22.2. The van der Waals surface area contributed by atoms with Gasteiger partial charge in [-0.3, -0.25) is 0 Å². The summed E-state index contributed by atoms with van der Waals surface area (Å²) in [7, 11) is 0. The van der Waals surface area contributed by atoms with E-state index in [9.17, 15) is 0 Å². The predicted octanol–water partition coefficient (Wildman–Crippen LogP) is 10.9. The van der Waals surface area contributed by atoms with Gasteiger partial charge in [0.1, 0.15) is 0 Å². The van der Waals surface area contributed by atoms with Crippen molar-refractivity contribution in [1.82, 2.24) is 0 Å². The van der Waals surface area contributed by atoms with Crippen molar-refractivity contribution < 1.29 is 0 Å². The van der Waals surface area contributed by atoms with Gasteiger partial charge in [-0.25, -0.2) is 0 Å². The van der Waals surface area contributed by atoms with Crippen molar-refractivity contribution in [3.63, 3.8) is 0 Å². The van der Waals surface area contributed by atoms with Gasteiger partial charge in [0, 0.05) is 43.5 Å². The Hall–Kier alpha value is -4.02. The van der Waals surface area contributed by atoms with Crippen molar-refractivity contribution in [3.05, 3.63) is 107 Å². The third-order valence-corrected chi connectivity index (χ3v) is 14.1. The molecular formula is C44H43BN2S. The fourth-order valence-corrected chi connectivity index (χ4v) is 11.5. The minimum absolute atomic E-state index is 0.0224. The lowest BCUT2D eigenvalue weighted by atomic mass is 9.43. The molecule has 5 aromatic carbocycles. The minimum Gasteiger partial charge on any atom is -0.375 e. The van der Waals surface area contributed by atoms with Crippen molar-refractivity contribution in [2.24, 2.45) is 0 Å². The van der Waals surface area contributed by atoms with Crippen LogP contribution in [0.4, 0.5) is 22.7 Å². The van der Waals surface area contributed by atoms with Crippen LogP contribution in [0.25, 0.3) is 31.3 Å². The highest BCUT2D eigenvalue weighted by Crippen LogP contribution is 2.63. The number of rotatable bonds is 1. The maximum atomic E-state index is 2.87. The molecule has 10 rings (SSSR count). The topological polar surface area (TPSA) is 6.48 Å². The van der Waals surface area contributed by atoms with Crippen LogP contribution < -0.4 is 20.6 Å². The average molecular weight is 643 g/mol. The first kappa shape index (κ1) is 28.9. The van der Waals surface area contributed by atoms with Crippen LogP contribution in [0, 0.1) is 13.8 Å². The lowest BCUT2D eigenvalue weighted by molar-refractivity contribution is 0.195. The summed E-state index contributed by atoms with van der Waals surface area (Å²) in [4.78, 5) is 5.64. The van der Waals surface area contributed by atoms with Crippen LogP contribution in [0.3, 0.4) is 0 Å². The summed E-state index contributed by atoms with van der Waals surface area (Å²) in [6.07, 6.45) is 5.05. The number of hydrogen-bond donors (Lipinski definition) is 0. The first-order valence-corrected chi connectivity index (χ1v) is 18.8. The van der Waals surface area contributed by atoms with Gasteiger partial charge < -0.3 is 9.71 Å². The smallest absolute Gasteiger partial charge is 0.333 e. The zero-order valence-corrected chi connectivity index (χ0v) is 30.1. The summed E-state index contributed by atoms with van der Waals surface area (Å²) in [6.45, 7) is 17.1. The van der Waals surface area contributed by atoms with E-state index in [2.05, 4.69) is 143 Å². The van der Waals surface area contributed by atoms with Gasteiger partial charge >= 0.3 is 6.85 Å². The lowest BCUT2D eigenvalue weighted by Crippen LogP contribution is -2.64. The minimum atomic E-state index is 0.0224. The largest absolute Gasteiger partial charge is 0.375 e. The number of thiophene rings is 1. The van der Waals surface area contributed by atoms with Crippen LogP contribution in [-0.2, 0) is 10.8 Å². The molecule has 48 heavy (non-hydrogen) atoms. The van der Waals surface area contributed by atoms with Crippen molar-refractivity contribution in [2.45, 2.75) is 90.5 Å². The van der Waals surface area contributed by atoms with Crippen LogP contribution in [0.1, 0.15) is 82.6 Å². The Morgan fingerprint density at radius 1 is 0.750 bits per heavy atom. The highest BCUT2D eigenvalue weighted by molar-refractivity contribution is 7.26. The molecule has 1 aliphatic carbocycles. The summed E-state index contributed by atoms with van der Waals surface area (Å²) in [6, 6.07) is 33.2.